The Morgan fingerprint density at radius 3 is 2.62 bits per heavy atom. The molecule has 3 heterocycles. The van der Waals surface area contributed by atoms with E-state index in [1.165, 1.54) is 18.0 Å². The van der Waals surface area contributed by atoms with E-state index >= 15 is 0 Å². The molecule has 0 radical (unpaired) electrons. The highest BCUT2D eigenvalue weighted by Gasteiger charge is 2.67. The number of fused-ring (bicyclic) bond motifs is 2. The van der Waals surface area contributed by atoms with Crippen molar-refractivity contribution in [3.05, 3.63) is 68.5 Å². The van der Waals surface area contributed by atoms with E-state index in [1.54, 1.807) is 30.3 Å². The van der Waals surface area contributed by atoms with Crippen LogP contribution in [-0.4, -0.2) is 66.2 Å². The molecule has 0 spiro atoms. The van der Waals surface area contributed by atoms with Crippen molar-refractivity contribution in [1.82, 2.24) is 14.5 Å². The van der Waals surface area contributed by atoms with Crippen LogP contribution in [0, 0.1) is 6.92 Å². The number of nitrogens with one attached hydrogen (secondary N) is 1. The third kappa shape index (κ3) is 3.96. The van der Waals surface area contributed by atoms with Crippen LogP contribution in [0.25, 0.3) is 0 Å². The summed E-state index contributed by atoms with van der Waals surface area (Å²) < 4.78 is 23.5. The first-order valence-corrected chi connectivity index (χ1v) is 11.3. The van der Waals surface area contributed by atoms with Gasteiger partial charge in [0.25, 0.3) is 5.56 Å². The molecule has 172 valence electrons. The van der Waals surface area contributed by atoms with Crippen molar-refractivity contribution < 1.29 is 33.5 Å². The number of morpholine rings is 1. The number of amides is 1. The first-order chi connectivity index (χ1) is 15.0. The molecule has 13 heteroatoms. The lowest BCUT2D eigenvalue weighted by atomic mass is 10.0. The Balaban J connectivity index is 1.77. The van der Waals surface area contributed by atoms with Crippen molar-refractivity contribution in [2.24, 2.45) is 0 Å². The zero-order valence-corrected chi connectivity index (χ0v) is 17.8. The van der Waals surface area contributed by atoms with Crippen molar-refractivity contribution in [2.45, 2.75) is 37.3 Å². The molecule has 2 saturated heterocycles. The van der Waals surface area contributed by atoms with E-state index in [1.807, 2.05) is 0 Å². The monoisotopic (exact) mass is 467 g/mol. The normalized spacial score (nSPS) is 27.1. The number of carbonyl (C=O) groups excluding carboxylic acids is 1. The van der Waals surface area contributed by atoms with Crippen LogP contribution >= 0.6 is 7.82 Å². The number of hydrogen-bond donors (Lipinski definition) is 4. The minimum Gasteiger partial charge on any atom is -0.393 e. The van der Waals surface area contributed by atoms with Gasteiger partial charge in [-0.1, -0.05) is 30.3 Å². The van der Waals surface area contributed by atoms with Gasteiger partial charge in [0.15, 0.2) is 6.23 Å². The molecule has 1 amide bonds. The molecular formula is C19H22N3O9P. The Morgan fingerprint density at radius 2 is 2.00 bits per heavy atom. The summed E-state index contributed by atoms with van der Waals surface area (Å²) in [5, 5.41) is 10.1. The molecule has 2 aliphatic heterocycles. The van der Waals surface area contributed by atoms with Gasteiger partial charge in [0.1, 0.15) is 17.7 Å². The second-order valence-corrected chi connectivity index (χ2v) is 9.09. The molecule has 1 aromatic heterocycles. The van der Waals surface area contributed by atoms with Crippen LogP contribution in [0.3, 0.4) is 0 Å². The van der Waals surface area contributed by atoms with E-state index in [0.29, 0.717) is 5.56 Å². The average molecular weight is 467 g/mol. The largest absolute Gasteiger partial charge is 0.470 e. The molecule has 0 aliphatic carbocycles. The number of aryl methyl sites for hydroxylation is 1. The first-order valence-electron chi connectivity index (χ1n) is 9.73. The molecule has 2 bridgehead atoms. The van der Waals surface area contributed by atoms with E-state index in [2.05, 4.69) is 4.98 Å². The number of hydrogen-bond acceptors (Lipinski definition) is 7. The SMILES string of the molecule is Cc1cn([C@@H]2O[C@@]3(CO)CN(C(=O)Cc4ccccc4)[C@@H]2[C@@H]3OP(=O)(O)O)c(=O)[nH]c1=O. The minimum absolute atomic E-state index is 0.0201. The summed E-state index contributed by atoms with van der Waals surface area (Å²) >= 11 is 0. The zero-order chi connectivity index (χ0) is 23.3. The second kappa shape index (κ2) is 8.07. The molecule has 2 aromatic rings. The Kier molecular flexibility index (Phi) is 5.70. The van der Waals surface area contributed by atoms with Crippen molar-refractivity contribution in [1.29, 1.82) is 0 Å². The summed E-state index contributed by atoms with van der Waals surface area (Å²) in [5.41, 5.74) is -2.22. The lowest BCUT2D eigenvalue weighted by Crippen LogP contribution is -2.52. The van der Waals surface area contributed by atoms with Crippen LogP contribution in [0.1, 0.15) is 17.4 Å². The maximum absolute atomic E-state index is 13.2. The van der Waals surface area contributed by atoms with Gasteiger partial charge in [0.2, 0.25) is 5.91 Å². The summed E-state index contributed by atoms with van der Waals surface area (Å²) in [6.07, 6.45) is -1.47. The molecule has 2 fully saturated rings. The predicted octanol–water partition coefficient (Wildman–Crippen LogP) is -0.964. The number of aromatic nitrogens is 2. The highest BCUT2D eigenvalue weighted by Crippen LogP contribution is 2.53. The minimum atomic E-state index is -5.05. The fraction of sp³-hybridized carbons (Fsp3) is 0.421. The van der Waals surface area contributed by atoms with E-state index in [9.17, 15) is 33.8 Å². The topological polar surface area (TPSA) is 171 Å². The highest BCUT2D eigenvalue weighted by molar-refractivity contribution is 7.46. The molecule has 1 aromatic carbocycles. The molecule has 12 nitrogen and oxygen atoms in total. The number of rotatable bonds is 6. The summed E-state index contributed by atoms with van der Waals surface area (Å²) in [7, 11) is -5.05. The number of likely N-dealkylation sites (tertiary alicyclic amines) is 1. The van der Waals surface area contributed by atoms with Crippen LogP contribution in [0.2, 0.25) is 0 Å². The van der Waals surface area contributed by atoms with Gasteiger partial charge in [-0.2, -0.15) is 0 Å². The summed E-state index contributed by atoms with van der Waals surface area (Å²) in [5.74, 6) is -0.404. The van der Waals surface area contributed by atoms with E-state index in [4.69, 9.17) is 9.26 Å². The number of H-pyrrole nitrogens is 1. The Morgan fingerprint density at radius 1 is 1.31 bits per heavy atom. The molecule has 2 aliphatic rings. The van der Waals surface area contributed by atoms with E-state index < -0.39 is 55.6 Å². The molecule has 4 atom stereocenters. The van der Waals surface area contributed by atoms with Crippen LogP contribution in [0.15, 0.2) is 46.1 Å². The molecule has 32 heavy (non-hydrogen) atoms. The fourth-order valence-electron chi connectivity index (χ4n) is 4.28. The molecule has 4 N–H and O–H groups in total. The second-order valence-electron chi connectivity index (χ2n) is 7.90. The van der Waals surface area contributed by atoms with Gasteiger partial charge in [-0.3, -0.25) is 23.7 Å². The quantitative estimate of drug-likeness (QED) is 0.390. The van der Waals surface area contributed by atoms with Crippen molar-refractivity contribution in [3.63, 3.8) is 0 Å². The number of aliphatic hydroxyl groups is 1. The third-order valence-corrected chi connectivity index (χ3v) is 6.23. The van der Waals surface area contributed by atoms with E-state index in [0.717, 1.165) is 4.57 Å². The van der Waals surface area contributed by atoms with Crippen molar-refractivity contribution >= 4 is 13.7 Å². The standard InChI is InChI=1S/C19H22N3O9P/c1-11-8-21(18(26)20-16(11)25)17-14-15(31-32(27,28)29)19(10-23,30-17)9-22(14)13(24)7-12-5-3-2-4-6-12/h2-6,8,14-15,17,23H,7,9-10H2,1H3,(H,20,25,26)(H2,27,28,29)/t14-,15+,17-,19-/m1/s1. The summed E-state index contributed by atoms with van der Waals surface area (Å²) in [4.78, 5) is 59.7. The van der Waals surface area contributed by atoms with Gasteiger partial charge in [-0.15, -0.1) is 0 Å². The Hall–Kier alpha value is -2.60. The predicted molar refractivity (Wildman–Crippen MR) is 109 cm³/mol. The summed E-state index contributed by atoms with van der Waals surface area (Å²) in [6.45, 7) is 0.542. The number of benzene rings is 1. The van der Waals surface area contributed by atoms with Crippen molar-refractivity contribution in [2.75, 3.05) is 13.2 Å². The maximum atomic E-state index is 13.2. The smallest absolute Gasteiger partial charge is 0.393 e. The molecular weight excluding hydrogens is 445 g/mol. The lowest BCUT2D eigenvalue weighted by Gasteiger charge is -2.36. The average Bonchev–Trinajstić information content (AvgIpc) is 3.19. The number of ether oxygens (including phenoxy) is 1. The van der Waals surface area contributed by atoms with Crippen LogP contribution in [0.4, 0.5) is 0 Å². The number of aromatic amines is 1. The highest BCUT2D eigenvalue weighted by atomic mass is 31.2. The van der Waals surface area contributed by atoms with Gasteiger partial charge in [0.05, 0.1) is 19.6 Å². The van der Waals surface area contributed by atoms with Crippen LogP contribution in [-0.2, 0) is 25.0 Å². The number of phosphoric ester groups is 1. The number of carbonyl (C=O) groups is 1. The zero-order valence-electron chi connectivity index (χ0n) is 17.0. The Bertz CT molecular complexity index is 1190. The number of nitrogens with zero attached hydrogens (tertiary/aromatic N) is 2. The van der Waals surface area contributed by atoms with Gasteiger partial charge >= 0.3 is 13.5 Å². The first kappa shape index (κ1) is 22.6. The molecule has 0 unspecified atom stereocenters. The third-order valence-electron chi connectivity index (χ3n) is 5.73. The van der Waals surface area contributed by atoms with Crippen molar-refractivity contribution in [3.8, 4) is 0 Å². The fourth-order valence-corrected chi connectivity index (χ4v) is 4.90. The van der Waals surface area contributed by atoms with Crippen LogP contribution in [0.5, 0.6) is 0 Å². The maximum Gasteiger partial charge on any atom is 0.470 e. The molecule has 4 rings (SSSR count). The van der Waals surface area contributed by atoms with Gasteiger partial charge in [0, 0.05) is 11.8 Å². The van der Waals surface area contributed by atoms with Gasteiger partial charge in [-0.05, 0) is 12.5 Å². The lowest BCUT2D eigenvalue weighted by molar-refractivity contribution is -0.166. The van der Waals surface area contributed by atoms with E-state index in [-0.39, 0.29) is 18.5 Å². The Labute approximate surface area is 181 Å². The van der Waals surface area contributed by atoms with Crippen LogP contribution < -0.4 is 11.2 Å². The summed E-state index contributed by atoms with van der Waals surface area (Å²) in [6, 6.07) is 7.69. The number of aliphatic hydroxyl groups excluding tert-OH is 1. The molecule has 0 saturated carbocycles. The number of phosphoric acid groups is 1. The van der Waals surface area contributed by atoms with Gasteiger partial charge < -0.3 is 24.5 Å². The van der Waals surface area contributed by atoms with Gasteiger partial charge in [-0.25, -0.2) is 9.36 Å².